The normalized spacial score (nSPS) is 24.3. The van der Waals surface area contributed by atoms with Crippen LogP contribution in [-0.4, -0.2) is 48.2 Å². The van der Waals surface area contributed by atoms with E-state index in [1.54, 1.807) is 6.92 Å². The number of likely N-dealkylation sites (N-methyl/N-ethyl adjacent to an activating group) is 1. The molecule has 0 bridgehead atoms. The molecule has 1 aliphatic heterocycles. The summed E-state index contributed by atoms with van der Waals surface area (Å²) in [5, 5.41) is 0. The Balaban J connectivity index is 2.53. The lowest BCUT2D eigenvalue weighted by molar-refractivity contribution is -0.161. The number of rotatable bonds is 4. The zero-order chi connectivity index (χ0) is 14.6. The lowest BCUT2D eigenvalue weighted by Gasteiger charge is -2.27. The van der Waals surface area contributed by atoms with Crippen LogP contribution in [0, 0.1) is 0 Å². The van der Waals surface area contributed by atoms with Crippen LogP contribution in [0.2, 0.25) is 0 Å². The second-order valence-corrected chi connectivity index (χ2v) is 5.96. The molecule has 1 rings (SSSR count). The Labute approximate surface area is 115 Å². The number of likely N-dealkylation sites (tertiary alicyclic amines) is 1. The molecule has 0 N–H and O–H groups in total. The molecule has 1 fully saturated rings. The molecule has 5 heteroatoms. The number of hydrogen-bond donors (Lipinski definition) is 0. The molecule has 0 aliphatic carbocycles. The van der Waals surface area contributed by atoms with Crippen LogP contribution in [0.5, 0.6) is 0 Å². The van der Waals surface area contributed by atoms with Crippen LogP contribution >= 0.6 is 0 Å². The third-order valence-corrected chi connectivity index (χ3v) is 3.23. The third-order valence-electron chi connectivity index (χ3n) is 3.23. The SMILES string of the molecule is CCOC(=O)C[C@@H]1CC[C@@H](C(=O)OC(C)(C)C)N1C. The maximum atomic E-state index is 12.0. The Hall–Kier alpha value is -1.10. The third kappa shape index (κ3) is 4.82. The molecule has 5 nitrogen and oxygen atoms in total. The van der Waals surface area contributed by atoms with Gasteiger partial charge < -0.3 is 9.47 Å². The van der Waals surface area contributed by atoms with Gasteiger partial charge >= 0.3 is 11.9 Å². The van der Waals surface area contributed by atoms with E-state index in [1.807, 2.05) is 32.7 Å². The number of nitrogens with zero attached hydrogens (tertiary/aromatic N) is 1. The molecule has 19 heavy (non-hydrogen) atoms. The van der Waals surface area contributed by atoms with E-state index in [1.165, 1.54) is 0 Å². The maximum absolute atomic E-state index is 12.0. The van der Waals surface area contributed by atoms with Gasteiger partial charge in [0.2, 0.25) is 0 Å². The zero-order valence-corrected chi connectivity index (χ0v) is 12.6. The molecule has 0 radical (unpaired) electrons. The molecule has 0 amide bonds. The summed E-state index contributed by atoms with van der Waals surface area (Å²) in [5.41, 5.74) is -0.475. The molecule has 0 aromatic heterocycles. The van der Waals surface area contributed by atoms with Gasteiger partial charge in [0.25, 0.3) is 0 Å². The molecule has 0 unspecified atom stereocenters. The summed E-state index contributed by atoms with van der Waals surface area (Å²) in [6.07, 6.45) is 1.89. The van der Waals surface area contributed by atoms with Crippen LogP contribution in [0.1, 0.15) is 47.0 Å². The van der Waals surface area contributed by atoms with Crippen molar-refractivity contribution < 1.29 is 19.1 Å². The van der Waals surface area contributed by atoms with Crippen LogP contribution < -0.4 is 0 Å². The Morgan fingerprint density at radius 2 is 1.89 bits per heavy atom. The molecule has 0 aromatic rings. The van der Waals surface area contributed by atoms with Crippen LogP contribution in [-0.2, 0) is 19.1 Å². The number of ether oxygens (including phenoxy) is 2. The first-order valence-corrected chi connectivity index (χ1v) is 6.85. The first kappa shape index (κ1) is 16.0. The highest BCUT2D eigenvalue weighted by Gasteiger charge is 2.38. The number of esters is 2. The van der Waals surface area contributed by atoms with E-state index < -0.39 is 5.60 Å². The first-order chi connectivity index (χ1) is 8.74. The zero-order valence-electron chi connectivity index (χ0n) is 12.6. The van der Waals surface area contributed by atoms with Gasteiger partial charge in [-0.15, -0.1) is 0 Å². The number of hydrogen-bond acceptors (Lipinski definition) is 5. The molecule has 1 aliphatic rings. The van der Waals surface area contributed by atoms with E-state index in [4.69, 9.17) is 9.47 Å². The summed E-state index contributed by atoms with van der Waals surface area (Å²) in [5.74, 6) is -0.412. The topological polar surface area (TPSA) is 55.8 Å². The minimum absolute atomic E-state index is 0.0663. The van der Waals surface area contributed by atoms with E-state index in [0.29, 0.717) is 13.0 Å². The second-order valence-electron chi connectivity index (χ2n) is 5.96. The summed E-state index contributed by atoms with van der Waals surface area (Å²) in [4.78, 5) is 25.5. The summed E-state index contributed by atoms with van der Waals surface area (Å²) in [6, 6.07) is -0.185. The smallest absolute Gasteiger partial charge is 0.323 e. The second kappa shape index (κ2) is 6.37. The van der Waals surface area contributed by atoms with Gasteiger partial charge in [0.15, 0.2) is 0 Å². The molecule has 0 saturated carbocycles. The van der Waals surface area contributed by atoms with Crippen molar-refractivity contribution >= 4 is 11.9 Å². The summed E-state index contributed by atoms with van der Waals surface area (Å²) < 4.78 is 10.3. The Kier molecular flexibility index (Phi) is 5.35. The van der Waals surface area contributed by atoms with Crippen LogP contribution in [0.15, 0.2) is 0 Å². The largest absolute Gasteiger partial charge is 0.466 e. The molecule has 110 valence electrons. The molecule has 1 heterocycles. The van der Waals surface area contributed by atoms with Crippen molar-refractivity contribution in [2.24, 2.45) is 0 Å². The van der Waals surface area contributed by atoms with Crippen LogP contribution in [0.25, 0.3) is 0 Å². The minimum atomic E-state index is -0.475. The van der Waals surface area contributed by atoms with Gasteiger partial charge in [0.1, 0.15) is 11.6 Å². The van der Waals surface area contributed by atoms with E-state index >= 15 is 0 Å². The molecule has 0 spiro atoms. The van der Waals surface area contributed by atoms with Gasteiger partial charge in [0.05, 0.1) is 13.0 Å². The first-order valence-electron chi connectivity index (χ1n) is 6.85. The number of carbonyl (C=O) groups excluding carboxylic acids is 2. The molecular weight excluding hydrogens is 246 g/mol. The van der Waals surface area contributed by atoms with Crippen molar-refractivity contribution in [3.05, 3.63) is 0 Å². The van der Waals surface area contributed by atoms with Gasteiger partial charge in [-0.05, 0) is 47.6 Å². The molecule has 1 saturated heterocycles. The van der Waals surface area contributed by atoms with Gasteiger partial charge in [-0.2, -0.15) is 0 Å². The van der Waals surface area contributed by atoms with E-state index in [-0.39, 0.29) is 24.0 Å². The van der Waals surface area contributed by atoms with Crippen molar-refractivity contribution in [1.29, 1.82) is 0 Å². The fraction of sp³-hybridized carbons (Fsp3) is 0.857. The summed E-state index contributed by atoms with van der Waals surface area (Å²) >= 11 is 0. The average Bonchev–Trinajstić information content (AvgIpc) is 2.58. The van der Waals surface area contributed by atoms with Crippen LogP contribution in [0.3, 0.4) is 0 Å². The maximum Gasteiger partial charge on any atom is 0.323 e. The molecular formula is C14H25NO4. The predicted molar refractivity (Wildman–Crippen MR) is 71.7 cm³/mol. The van der Waals surface area contributed by atoms with Crippen LogP contribution in [0.4, 0.5) is 0 Å². The standard InChI is InChI=1S/C14H25NO4/c1-6-18-12(16)9-10-7-8-11(15(10)5)13(17)19-14(2,3)4/h10-11H,6-9H2,1-5H3/t10-,11-/m0/s1. The summed E-state index contributed by atoms with van der Waals surface area (Å²) in [6.45, 7) is 7.76. The summed E-state index contributed by atoms with van der Waals surface area (Å²) in [7, 11) is 1.87. The molecule has 0 aromatic carbocycles. The van der Waals surface area contributed by atoms with Crippen molar-refractivity contribution in [2.75, 3.05) is 13.7 Å². The Morgan fingerprint density at radius 1 is 1.26 bits per heavy atom. The van der Waals surface area contributed by atoms with Gasteiger partial charge in [-0.3, -0.25) is 14.5 Å². The van der Waals surface area contributed by atoms with E-state index in [0.717, 1.165) is 12.8 Å². The molecule has 2 atom stereocenters. The van der Waals surface area contributed by atoms with E-state index in [9.17, 15) is 9.59 Å². The van der Waals surface area contributed by atoms with Crippen molar-refractivity contribution in [1.82, 2.24) is 4.90 Å². The Morgan fingerprint density at radius 3 is 2.42 bits per heavy atom. The fourth-order valence-corrected chi connectivity index (χ4v) is 2.32. The van der Waals surface area contributed by atoms with Gasteiger partial charge in [0, 0.05) is 6.04 Å². The van der Waals surface area contributed by atoms with Crippen molar-refractivity contribution in [2.45, 2.75) is 64.6 Å². The minimum Gasteiger partial charge on any atom is -0.466 e. The van der Waals surface area contributed by atoms with Crippen molar-refractivity contribution in [3.8, 4) is 0 Å². The van der Waals surface area contributed by atoms with Crippen molar-refractivity contribution in [3.63, 3.8) is 0 Å². The lowest BCUT2D eigenvalue weighted by Crippen LogP contribution is -2.42. The highest BCUT2D eigenvalue weighted by molar-refractivity contribution is 5.77. The predicted octanol–water partition coefficient (Wildman–Crippen LogP) is 1.74. The average molecular weight is 271 g/mol. The van der Waals surface area contributed by atoms with Gasteiger partial charge in [-0.25, -0.2) is 0 Å². The highest BCUT2D eigenvalue weighted by atomic mass is 16.6. The Bertz CT molecular complexity index is 335. The monoisotopic (exact) mass is 271 g/mol. The van der Waals surface area contributed by atoms with Gasteiger partial charge in [-0.1, -0.05) is 0 Å². The highest BCUT2D eigenvalue weighted by Crippen LogP contribution is 2.26. The quantitative estimate of drug-likeness (QED) is 0.729. The fourth-order valence-electron chi connectivity index (χ4n) is 2.32. The van der Waals surface area contributed by atoms with E-state index in [2.05, 4.69) is 0 Å². The lowest BCUT2D eigenvalue weighted by atomic mass is 10.1. The number of carbonyl (C=O) groups is 2.